The highest BCUT2D eigenvalue weighted by Crippen LogP contribution is 2.57. The second-order valence-corrected chi connectivity index (χ2v) is 10.5. The summed E-state index contributed by atoms with van der Waals surface area (Å²) in [4.78, 5) is 48.9. The molecule has 2 aliphatic heterocycles. The molecule has 0 radical (unpaired) electrons. The Morgan fingerprint density at radius 2 is 1.58 bits per heavy atom. The van der Waals surface area contributed by atoms with Gasteiger partial charge in [-0.15, -0.1) is 0 Å². The van der Waals surface area contributed by atoms with Crippen LogP contribution >= 0.6 is 15.6 Å². The molecule has 7 N–H and O–H groups in total. The van der Waals surface area contributed by atoms with E-state index in [9.17, 15) is 54.0 Å². The van der Waals surface area contributed by atoms with Gasteiger partial charge in [0.15, 0.2) is 12.5 Å². The van der Waals surface area contributed by atoms with Crippen LogP contribution in [-0.2, 0) is 32.0 Å². The molecule has 11 atom stereocenters. The van der Waals surface area contributed by atoms with Crippen molar-refractivity contribution in [2.75, 3.05) is 13.2 Å². The standard InChI is InChI=1S/C15H24N2O17P2/c18-3-5-8(20)10(22)12(24)14(32-5)33-36(28,29)34-35(26,27)30-4-6-9(21)11(23)13(31-6)17-2-1-7(19)16-15(17)25/h1-2,5-6,8-14,18,20-24H,3-4H2,(H,26,27)(H,28,29)(H,16,19,25)/p-2/t5-,6-,8+,9-,10+,11-,12-,13-,14-/m1/s1. The predicted octanol–water partition coefficient (Wildman–Crippen LogP) is -6.06. The molecule has 21 heteroatoms. The van der Waals surface area contributed by atoms with Crippen molar-refractivity contribution in [1.82, 2.24) is 9.55 Å². The fourth-order valence-corrected chi connectivity index (χ4v) is 5.42. The SMILES string of the molecule is O=c1ccn([C@@H]2O[C@H](COP(=O)([O-])OP(=O)([O-])O[C@H]3O[C@H](CO)[C@H](O)[C@H](O)[C@H]3O)[C@@H](O)[C@H]2O)c(=O)[nH]1. The lowest BCUT2D eigenvalue weighted by Gasteiger charge is -2.41. The highest BCUT2D eigenvalue weighted by atomic mass is 31.3. The number of phosphoric acid groups is 2. The Hall–Kier alpha value is -1.38. The summed E-state index contributed by atoms with van der Waals surface area (Å²) in [6.07, 6.45) is -15.8. The Kier molecular flexibility index (Phi) is 9.05. The molecule has 2 fully saturated rings. The number of rotatable bonds is 9. The van der Waals surface area contributed by atoms with E-state index in [0.29, 0.717) is 4.57 Å². The van der Waals surface area contributed by atoms with Gasteiger partial charge in [0.2, 0.25) is 0 Å². The number of H-pyrrole nitrogens is 1. The molecule has 0 bridgehead atoms. The fourth-order valence-electron chi connectivity index (χ4n) is 3.34. The third-order valence-corrected chi connectivity index (χ3v) is 7.67. The smallest absolute Gasteiger partial charge is 0.330 e. The average molecular weight is 564 g/mol. The van der Waals surface area contributed by atoms with E-state index in [1.165, 1.54) is 0 Å². The number of hydrogen-bond acceptors (Lipinski definition) is 17. The van der Waals surface area contributed by atoms with Crippen LogP contribution in [0.1, 0.15) is 6.23 Å². The Morgan fingerprint density at radius 3 is 2.19 bits per heavy atom. The molecule has 2 saturated heterocycles. The summed E-state index contributed by atoms with van der Waals surface area (Å²) in [6, 6.07) is 0.911. The number of nitrogens with zero attached hydrogens (tertiary/aromatic N) is 1. The Bertz CT molecular complexity index is 1120. The Morgan fingerprint density at radius 1 is 0.944 bits per heavy atom. The van der Waals surface area contributed by atoms with Gasteiger partial charge in [0, 0.05) is 12.3 Å². The van der Waals surface area contributed by atoms with Crippen molar-refractivity contribution in [3.05, 3.63) is 33.1 Å². The molecule has 0 spiro atoms. The number of phosphoric ester groups is 2. The lowest BCUT2D eigenvalue weighted by atomic mass is 10.00. The summed E-state index contributed by atoms with van der Waals surface area (Å²) < 4.78 is 47.1. The van der Waals surface area contributed by atoms with Crippen LogP contribution in [0.2, 0.25) is 0 Å². The Labute approximate surface area is 199 Å². The average Bonchev–Trinajstić information content (AvgIpc) is 3.06. The van der Waals surface area contributed by atoms with Crippen LogP contribution < -0.4 is 21.0 Å². The number of aromatic amines is 1. The molecule has 2 unspecified atom stereocenters. The number of aromatic nitrogens is 2. The molecule has 0 saturated carbocycles. The van der Waals surface area contributed by atoms with Gasteiger partial charge < -0.3 is 54.4 Å². The minimum absolute atomic E-state index is 0.697. The first-order chi connectivity index (χ1) is 16.7. The van der Waals surface area contributed by atoms with Gasteiger partial charge in [-0.2, -0.15) is 0 Å². The number of nitrogens with one attached hydrogen (secondary N) is 1. The van der Waals surface area contributed by atoms with Crippen LogP contribution in [0, 0.1) is 0 Å². The summed E-state index contributed by atoms with van der Waals surface area (Å²) in [5.74, 6) is 0. The lowest BCUT2D eigenvalue weighted by molar-refractivity contribution is -0.305. The summed E-state index contributed by atoms with van der Waals surface area (Å²) in [7, 11) is -11.7. The van der Waals surface area contributed by atoms with Crippen molar-refractivity contribution in [1.29, 1.82) is 0 Å². The zero-order chi connectivity index (χ0) is 27.0. The van der Waals surface area contributed by atoms with Gasteiger partial charge in [-0.1, -0.05) is 0 Å². The maximum atomic E-state index is 12.0. The predicted molar refractivity (Wildman–Crippen MR) is 104 cm³/mol. The van der Waals surface area contributed by atoms with Crippen LogP contribution in [0.3, 0.4) is 0 Å². The number of hydrogen-bond donors (Lipinski definition) is 7. The lowest BCUT2D eigenvalue weighted by Crippen LogP contribution is -2.59. The van der Waals surface area contributed by atoms with Crippen molar-refractivity contribution < 1.29 is 72.4 Å². The van der Waals surface area contributed by atoms with Crippen molar-refractivity contribution >= 4 is 15.6 Å². The quantitative estimate of drug-likeness (QED) is 0.137. The van der Waals surface area contributed by atoms with Crippen LogP contribution in [0.5, 0.6) is 0 Å². The topological polar surface area (TPSA) is 303 Å². The van der Waals surface area contributed by atoms with Gasteiger partial charge >= 0.3 is 5.69 Å². The maximum absolute atomic E-state index is 12.0. The Balaban J connectivity index is 1.61. The van der Waals surface area contributed by atoms with E-state index in [0.717, 1.165) is 12.3 Å². The molecule has 3 rings (SSSR count). The summed E-state index contributed by atoms with van der Waals surface area (Å²) in [5.41, 5.74) is -1.78. The summed E-state index contributed by atoms with van der Waals surface area (Å²) in [6.45, 7) is -2.05. The minimum atomic E-state index is -5.90. The van der Waals surface area contributed by atoms with Crippen LogP contribution in [0.15, 0.2) is 21.9 Å². The van der Waals surface area contributed by atoms with Crippen molar-refractivity contribution in [3.63, 3.8) is 0 Å². The normalized spacial score (nSPS) is 38.4. The summed E-state index contributed by atoms with van der Waals surface area (Å²) >= 11 is 0. The first kappa shape index (κ1) is 29.2. The monoisotopic (exact) mass is 564 g/mol. The molecule has 206 valence electrons. The molecular weight excluding hydrogens is 542 g/mol. The zero-order valence-electron chi connectivity index (χ0n) is 17.8. The second-order valence-electron chi connectivity index (χ2n) is 7.64. The van der Waals surface area contributed by atoms with Crippen molar-refractivity contribution in [2.45, 2.75) is 55.2 Å². The highest BCUT2D eigenvalue weighted by molar-refractivity contribution is 7.59. The molecule has 1 aromatic rings. The van der Waals surface area contributed by atoms with E-state index < -0.39 is 95.4 Å². The fraction of sp³-hybridized carbons (Fsp3) is 0.733. The molecule has 2 aliphatic rings. The summed E-state index contributed by atoms with van der Waals surface area (Å²) in [5, 5.41) is 58.4. The second kappa shape index (κ2) is 11.2. The number of aliphatic hydroxyl groups excluding tert-OH is 6. The first-order valence-corrected chi connectivity index (χ1v) is 12.9. The van der Waals surface area contributed by atoms with Crippen LogP contribution in [0.4, 0.5) is 0 Å². The first-order valence-electron chi connectivity index (χ1n) is 9.96. The molecule has 0 amide bonds. The highest BCUT2D eigenvalue weighted by Gasteiger charge is 2.47. The zero-order valence-corrected chi connectivity index (χ0v) is 19.6. The van der Waals surface area contributed by atoms with Crippen molar-refractivity contribution in [3.8, 4) is 0 Å². The van der Waals surface area contributed by atoms with E-state index in [4.69, 9.17) is 14.6 Å². The third kappa shape index (κ3) is 6.54. The van der Waals surface area contributed by atoms with E-state index >= 15 is 0 Å². The minimum Gasteiger partial charge on any atom is -0.756 e. The van der Waals surface area contributed by atoms with Gasteiger partial charge in [-0.05, 0) is 0 Å². The molecule has 19 nitrogen and oxygen atoms in total. The molecule has 0 aromatic carbocycles. The maximum Gasteiger partial charge on any atom is 0.330 e. The van der Waals surface area contributed by atoms with Gasteiger partial charge in [0.05, 0.1) is 13.2 Å². The van der Waals surface area contributed by atoms with Crippen LogP contribution in [0.25, 0.3) is 0 Å². The van der Waals surface area contributed by atoms with Crippen molar-refractivity contribution in [2.24, 2.45) is 0 Å². The molecule has 1 aromatic heterocycles. The molecule has 36 heavy (non-hydrogen) atoms. The molecular formula is C15H22N2O17P2-2. The van der Waals surface area contributed by atoms with E-state index in [-0.39, 0.29) is 0 Å². The van der Waals surface area contributed by atoms with Gasteiger partial charge in [-0.3, -0.25) is 28.0 Å². The largest absolute Gasteiger partial charge is 0.756 e. The van der Waals surface area contributed by atoms with Gasteiger partial charge in [-0.25, -0.2) is 9.11 Å². The van der Waals surface area contributed by atoms with Crippen LogP contribution in [-0.4, -0.2) is 102 Å². The third-order valence-electron chi connectivity index (χ3n) is 5.14. The number of ether oxygens (including phenoxy) is 2. The van der Waals surface area contributed by atoms with E-state index in [1.54, 1.807) is 0 Å². The molecule has 0 aliphatic carbocycles. The van der Waals surface area contributed by atoms with Gasteiger partial charge in [0.25, 0.3) is 21.2 Å². The number of aliphatic hydroxyl groups is 6. The molecule has 3 heterocycles. The van der Waals surface area contributed by atoms with E-state index in [2.05, 4.69) is 13.4 Å². The van der Waals surface area contributed by atoms with Gasteiger partial charge in [0.1, 0.15) is 42.7 Å². The van der Waals surface area contributed by atoms with E-state index in [1.807, 2.05) is 4.98 Å².